The fourth-order valence-electron chi connectivity index (χ4n) is 0.649. The average molecular weight is 170 g/mol. The zero-order valence-electron chi connectivity index (χ0n) is 6.49. The van der Waals surface area contributed by atoms with Gasteiger partial charge in [0.2, 0.25) is 0 Å². The van der Waals surface area contributed by atoms with E-state index in [0.717, 1.165) is 0 Å². The van der Waals surface area contributed by atoms with Crippen LogP contribution in [-0.4, -0.2) is 23.8 Å². The Morgan fingerprint density at radius 2 is 2.00 bits per heavy atom. The number of alkyl halides is 3. The molecule has 0 aromatic carbocycles. The Kier molecular flexibility index (Phi) is 4.49. The standard InChI is InChI=1S/C7H13F3O/c1-2-6(11)3-4-7(9,10)5-8/h6,11H,2-5H2,1H3. The summed E-state index contributed by atoms with van der Waals surface area (Å²) in [6.45, 7) is 0.0572. The first-order valence-corrected chi connectivity index (χ1v) is 3.63. The van der Waals surface area contributed by atoms with Crippen molar-refractivity contribution in [3.63, 3.8) is 0 Å². The highest BCUT2D eigenvalue weighted by Gasteiger charge is 2.28. The zero-order valence-corrected chi connectivity index (χ0v) is 6.49. The first kappa shape index (κ1) is 10.8. The fraction of sp³-hybridized carbons (Fsp3) is 1.00. The molecule has 1 atom stereocenters. The van der Waals surface area contributed by atoms with Crippen molar-refractivity contribution in [1.29, 1.82) is 0 Å². The van der Waals surface area contributed by atoms with Crippen LogP contribution in [0.5, 0.6) is 0 Å². The van der Waals surface area contributed by atoms with E-state index in [2.05, 4.69) is 0 Å². The molecule has 0 aromatic rings. The molecule has 0 saturated heterocycles. The summed E-state index contributed by atoms with van der Waals surface area (Å²) in [5.74, 6) is -3.25. The van der Waals surface area contributed by atoms with Crippen molar-refractivity contribution in [2.75, 3.05) is 6.67 Å². The van der Waals surface area contributed by atoms with Crippen LogP contribution in [0, 0.1) is 0 Å². The number of hydrogen-bond donors (Lipinski definition) is 1. The highest BCUT2D eigenvalue weighted by molar-refractivity contribution is 4.66. The minimum Gasteiger partial charge on any atom is -0.393 e. The summed E-state index contributed by atoms with van der Waals surface area (Å²) >= 11 is 0. The van der Waals surface area contributed by atoms with Gasteiger partial charge in [0.25, 0.3) is 5.92 Å². The smallest absolute Gasteiger partial charge is 0.276 e. The second-order valence-electron chi connectivity index (χ2n) is 2.59. The second kappa shape index (κ2) is 4.59. The molecule has 0 aliphatic heterocycles. The molecule has 0 heterocycles. The van der Waals surface area contributed by atoms with Crippen molar-refractivity contribution >= 4 is 0 Å². The first-order valence-electron chi connectivity index (χ1n) is 3.63. The van der Waals surface area contributed by atoms with Gasteiger partial charge in [-0.05, 0) is 12.8 Å². The van der Waals surface area contributed by atoms with Gasteiger partial charge in [-0.3, -0.25) is 0 Å². The van der Waals surface area contributed by atoms with Crippen LogP contribution in [0.1, 0.15) is 26.2 Å². The molecule has 0 saturated carbocycles. The van der Waals surface area contributed by atoms with Crippen LogP contribution in [0.3, 0.4) is 0 Å². The van der Waals surface area contributed by atoms with Gasteiger partial charge < -0.3 is 5.11 Å². The van der Waals surface area contributed by atoms with Crippen LogP contribution < -0.4 is 0 Å². The normalized spacial score (nSPS) is 15.0. The topological polar surface area (TPSA) is 20.2 Å². The summed E-state index contributed by atoms with van der Waals surface area (Å²) < 4.78 is 35.8. The minimum atomic E-state index is -3.25. The molecule has 1 unspecified atom stereocenters. The third-order valence-electron chi connectivity index (χ3n) is 1.51. The van der Waals surface area contributed by atoms with Crippen LogP contribution >= 0.6 is 0 Å². The predicted octanol–water partition coefficient (Wildman–Crippen LogP) is 2.14. The van der Waals surface area contributed by atoms with Gasteiger partial charge in [0, 0.05) is 6.42 Å². The lowest BCUT2D eigenvalue weighted by Gasteiger charge is -2.13. The Morgan fingerprint density at radius 3 is 2.36 bits per heavy atom. The van der Waals surface area contributed by atoms with Crippen LogP contribution in [0.4, 0.5) is 13.2 Å². The Morgan fingerprint density at radius 1 is 1.45 bits per heavy atom. The lowest BCUT2D eigenvalue weighted by Crippen LogP contribution is -2.21. The van der Waals surface area contributed by atoms with E-state index in [0.29, 0.717) is 6.42 Å². The molecule has 0 spiro atoms. The van der Waals surface area contributed by atoms with Crippen LogP contribution in [0.2, 0.25) is 0 Å². The molecule has 0 aromatic heterocycles. The van der Waals surface area contributed by atoms with Crippen LogP contribution in [-0.2, 0) is 0 Å². The third kappa shape index (κ3) is 5.07. The van der Waals surface area contributed by atoms with Gasteiger partial charge in [0.1, 0.15) is 0 Å². The van der Waals surface area contributed by atoms with Gasteiger partial charge in [-0.15, -0.1) is 0 Å². The molecular formula is C7H13F3O. The van der Waals surface area contributed by atoms with Crippen LogP contribution in [0.25, 0.3) is 0 Å². The largest absolute Gasteiger partial charge is 0.393 e. The van der Waals surface area contributed by atoms with Gasteiger partial charge in [-0.1, -0.05) is 6.92 Å². The fourth-order valence-corrected chi connectivity index (χ4v) is 0.649. The summed E-state index contributed by atoms with van der Waals surface area (Å²) in [7, 11) is 0. The molecule has 1 nitrogen and oxygen atoms in total. The molecule has 0 fully saturated rings. The quantitative estimate of drug-likeness (QED) is 0.670. The first-order chi connectivity index (χ1) is 5.02. The van der Waals surface area contributed by atoms with Gasteiger partial charge >= 0.3 is 0 Å². The number of hydrogen-bond acceptors (Lipinski definition) is 1. The van der Waals surface area contributed by atoms with Crippen molar-refractivity contribution < 1.29 is 18.3 Å². The Labute approximate surface area is 64.2 Å². The Bertz CT molecular complexity index is 106. The molecule has 0 aliphatic carbocycles. The summed E-state index contributed by atoms with van der Waals surface area (Å²) in [5.41, 5.74) is 0. The maximum Gasteiger partial charge on any atom is 0.276 e. The van der Waals surface area contributed by atoms with Crippen molar-refractivity contribution in [3.05, 3.63) is 0 Å². The van der Waals surface area contributed by atoms with Crippen molar-refractivity contribution in [1.82, 2.24) is 0 Å². The molecule has 0 bridgehead atoms. The third-order valence-corrected chi connectivity index (χ3v) is 1.51. The van der Waals surface area contributed by atoms with Gasteiger partial charge in [0.05, 0.1) is 6.10 Å². The maximum atomic E-state index is 12.2. The monoisotopic (exact) mass is 170 g/mol. The Balaban J connectivity index is 3.52. The molecule has 4 heteroatoms. The number of halogens is 3. The molecular weight excluding hydrogens is 157 g/mol. The van der Waals surface area contributed by atoms with E-state index in [4.69, 9.17) is 5.11 Å². The van der Waals surface area contributed by atoms with E-state index in [1.807, 2.05) is 0 Å². The molecule has 11 heavy (non-hydrogen) atoms. The van der Waals surface area contributed by atoms with E-state index < -0.39 is 25.1 Å². The minimum absolute atomic E-state index is 0.0343. The SMILES string of the molecule is CCC(O)CCC(F)(F)CF. The van der Waals surface area contributed by atoms with Gasteiger partial charge in [0.15, 0.2) is 6.67 Å². The lowest BCUT2D eigenvalue weighted by molar-refractivity contribution is -0.0405. The molecule has 0 rings (SSSR count). The lowest BCUT2D eigenvalue weighted by atomic mass is 10.1. The maximum absolute atomic E-state index is 12.2. The van der Waals surface area contributed by atoms with E-state index in [-0.39, 0.29) is 6.42 Å². The average Bonchev–Trinajstić information content (AvgIpc) is 2.00. The van der Waals surface area contributed by atoms with Crippen molar-refractivity contribution in [3.8, 4) is 0 Å². The number of aliphatic hydroxyl groups excluding tert-OH is 1. The zero-order chi connectivity index (χ0) is 8.91. The number of aliphatic hydroxyl groups is 1. The molecule has 0 aliphatic rings. The predicted molar refractivity (Wildman–Crippen MR) is 36.5 cm³/mol. The summed E-state index contributed by atoms with van der Waals surface area (Å²) in [6.07, 6.45) is -0.902. The van der Waals surface area contributed by atoms with Crippen molar-refractivity contribution in [2.24, 2.45) is 0 Å². The van der Waals surface area contributed by atoms with E-state index in [1.54, 1.807) is 6.92 Å². The summed E-state index contributed by atoms with van der Waals surface area (Å²) in [4.78, 5) is 0. The summed E-state index contributed by atoms with van der Waals surface area (Å²) in [5, 5.41) is 8.86. The highest BCUT2D eigenvalue weighted by atomic mass is 19.3. The van der Waals surface area contributed by atoms with Crippen molar-refractivity contribution in [2.45, 2.75) is 38.2 Å². The highest BCUT2D eigenvalue weighted by Crippen LogP contribution is 2.21. The molecule has 0 radical (unpaired) electrons. The molecule has 0 amide bonds. The van der Waals surface area contributed by atoms with Gasteiger partial charge in [-0.2, -0.15) is 0 Å². The molecule has 68 valence electrons. The molecule has 1 N–H and O–H groups in total. The van der Waals surface area contributed by atoms with E-state index in [9.17, 15) is 13.2 Å². The number of rotatable bonds is 5. The van der Waals surface area contributed by atoms with E-state index in [1.165, 1.54) is 0 Å². The Hall–Kier alpha value is -0.250. The van der Waals surface area contributed by atoms with E-state index >= 15 is 0 Å². The van der Waals surface area contributed by atoms with Gasteiger partial charge in [-0.25, -0.2) is 13.2 Å². The van der Waals surface area contributed by atoms with Crippen LogP contribution in [0.15, 0.2) is 0 Å². The summed E-state index contributed by atoms with van der Waals surface area (Å²) in [6, 6.07) is 0. The second-order valence-corrected chi connectivity index (χ2v) is 2.59.